The third kappa shape index (κ3) is 6.86. The summed E-state index contributed by atoms with van der Waals surface area (Å²) in [4.78, 5) is 43.0. The number of hydrogen-bond acceptors (Lipinski definition) is 6. The molecule has 0 bridgehead atoms. The van der Waals surface area contributed by atoms with Gasteiger partial charge in [0.2, 0.25) is 11.8 Å². The highest BCUT2D eigenvalue weighted by atomic mass is 16.5. The Labute approximate surface area is 222 Å². The Balaban J connectivity index is 1.25. The van der Waals surface area contributed by atoms with E-state index in [1.54, 1.807) is 41.6 Å². The second-order valence-corrected chi connectivity index (χ2v) is 9.80. The van der Waals surface area contributed by atoms with Gasteiger partial charge in [0.25, 0.3) is 5.91 Å². The molecule has 0 spiro atoms. The molecule has 2 aromatic carbocycles. The summed E-state index contributed by atoms with van der Waals surface area (Å²) in [6.45, 7) is 5.26. The number of pyridine rings is 1. The number of nitrogens with zero attached hydrogens (tertiary/aromatic N) is 2. The lowest BCUT2D eigenvalue weighted by molar-refractivity contribution is -0.136. The number of benzene rings is 2. The number of hydrogen-bond donors (Lipinski definition) is 3. The minimum absolute atomic E-state index is 0.00831. The van der Waals surface area contributed by atoms with Crippen LogP contribution in [0.5, 0.6) is 5.75 Å². The summed E-state index contributed by atoms with van der Waals surface area (Å²) in [7, 11) is 0. The molecule has 1 aromatic heterocycles. The Morgan fingerprint density at radius 2 is 1.82 bits per heavy atom. The molecule has 2 heterocycles. The Morgan fingerprint density at radius 1 is 1.11 bits per heavy atom. The fourth-order valence-electron chi connectivity index (χ4n) is 4.73. The van der Waals surface area contributed by atoms with Gasteiger partial charge in [-0.3, -0.25) is 24.6 Å². The van der Waals surface area contributed by atoms with Gasteiger partial charge >= 0.3 is 0 Å². The van der Waals surface area contributed by atoms with Gasteiger partial charge < -0.3 is 15.0 Å². The number of likely N-dealkylation sites (tertiary alicyclic amines) is 1. The van der Waals surface area contributed by atoms with Crippen molar-refractivity contribution < 1.29 is 24.3 Å². The summed E-state index contributed by atoms with van der Waals surface area (Å²) < 4.78 is 6.00. The molecule has 1 saturated heterocycles. The average Bonchev–Trinajstić information content (AvgIpc) is 2.94. The van der Waals surface area contributed by atoms with Crippen molar-refractivity contribution in [2.45, 2.75) is 52.2 Å². The minimum atomic E-state index is -0.497. The van der Waals surface area contributed by atoms with E-state index in [0.29, 0.717) is 50.3 Å². The molecule has 38 heavy (non-hydrogen) atoms. The van der Waals surface area contributed by atoms with Crippen LogP contribution < -0.4 is 15.5 Å². The maximum absolute atomic E-state index is 12.8. The van der Waals surface area contributed by atoms with E-state index in [4.69, 9.17) is 9.94 Å². The van der Waals surface area contributed by atoms with E-state index in [1.165, 1.54) is 0 Å². The molecular weight excluding hydrogens is 484 g/mol. The normalized spacial score (nSPS) is 14.7. The second-order valence-electron chi connectivity index (χ2n) is 9.80. The molecule has 0 radical (unpaired) electrons. The number of aryl methyl sites for hydroxylation is 1. The van der Waals surface area contributed by atoms with Crippen LogP contribution in [-0.2, 0) is 16.2 Å². The third-order valence-corrected chi connectivity index (χ3v) is 6.93. The van der Waals surface area contributed by atoms with Crippen LogP contribution in [0.4, 0.5) is 0 Å². The zero-order chi connectivity index (χ0) is 27.1. The van der Waals surface area contributed by atoms with Crippen LogP contribution in [-0.4, -0.2) is 51.9 Å². The van der Waals surface area contributed by atoms with Crippen molar-refractivity contribution in [3.8, 4) is 5.75 Å². The number of piperidine rings is 1. The first kappa shape index (κ1) is 27.1. The largest absolute Gasteiger partial charge is 0.489 e. The maximum Gasteiger partial charge on any atom is 0.251 e. The van der Waals surface area contributed by atoms with Gasteiger partial charge in [-0.15, -0.1) is 0 Å². The van der Waals surface area contributed by atoms with E-state index in [9.17, 15) is 14.4 Å². The molecule has 1 aliphatic heterocycles. The fourth-order valence-corrected chi connectivity index (χ4v) is 4.73. The number of fused-ring (bicyclic) bond motifs is 1. The number of hydroxylamine groups is 1. The number of amides is 3. The molecule has 0 saturated carbocycles. The molecule has 3 N–H and O–H groups in total. The van der Waals surface area contributed by atoms with Crippen LogP contribution in [0.25, 0.3) is 10.9 Å². The molecule has 9 nitrogen and oxygen atoms in total. The Morgan fingerprint density at radius 3 is 2.53 bits per heavy atom. The summed E-state index contributed by atoms with van der Waals surface area (Å²) >= 11 is 0. The smallest absolute Gasteiger partial charge is 0.251 e. The molecule has 9 heteroatoms. The predicted molar refractivity (Wildman–Crippen MR) is 143 cm³/mol. The quantitative estimate of drug-likeness (QED) is 0.293. The zero-order valence-corrected chi connectivity index (χ0v) is 21.8. The first-order chi connectivity index (χ1) is 18.3. The lowest BCUT2D eigenvalue weighted by atomic mass is 9.99. The van der Waals surface area contributed by atoms with Gasteiger partial charge in [0.15, 0.2) is 0 Å². The standard InChI is InChI=1S/C29H34N4O5/c1-19(7-12-27(34)32-37)29(36)33-15-13-23(14-16-33)31-28(35)21-8-10-24(11-9-21)38-18-22-17-20(2)30-26-6-4-3-5-25(22)26/h3-6,8-11,17,19,23,37H,7,12-16,18H2,1-2H3,(H,31,35)(H,32,34). The van der Waals surface area contributed by atoms with Crippen LogP contribution in [0.15, 0.2) is 54.6 Å². The van der Waals surface area contributed by atoms with E-state index < -0.39 is 5.91 Å². The lowest BCUT2D eigenvalue weighted by Gasteiger charge is -2.34. The molecule has 1 unspecified atom stereocenters. The van der Waals surface area contributed by atoms with Gasteiger partial charge in [-0.1, -0.05) is 25.1 Å². The van der Waals surface area contributed by atoms with Gasteiger partial charge in [0.05, 0.1) is 5.52 Å². The number of ether oxygens (including phenoxy) is 1. The summed E-state index contributed by atoms with van der Waals surface area (Å²) in [6, 6.07) is 17.1. The maximum atomic E-state index is 12.8. The van der Waals surface area contributed by atoms with E-state index >= 15 is 0 Å². The number of carbonyl (C=O) groups is 3. The highest BCUT2D eigenvalue weighted by Gasteiger charge is 2.27. The Kier molecular flexibility index (Phi) is 8.91. The number of aromatic nitrogens is 1. The molecule has 200 valence electrons. The number of para-hydroxylation sites is 1. The highest BCUT2D eigenvalue weighted by molar-refractivity contribution is 5.94. The molecule has 3 amide bonds. The van der Waals surface area contributed by atoms with Crippen molar-refractivity contribution in [3.63, 3.8) is 0 Å². The van der Waals surface area contributed by atoms with Crippen molar-refractivity contribution in [2.75, 3.05) is 13.1 Å². The van der Waals surface area contributed by atoms with E-state index in [1.807, 2.05) is 37.3 Å². The first-order valence-corrected chi connectivity index (χ1v) is 12.9. The van der Waals surface area contributed by atoms with Crippen molar-refractivity contribution in [1.29, 1.82) is 0 Å². The molecule has 3 aromatic rings. The highest BCUT2D eigenvalue weighted by Crippen LogP contribution is 2.22. The van der Waals surface area contributed by atoms with Crippen LogP contribution in [0.1, 0.15) is 54.2 Å². The van der Waals surface area contributed by atoms with Gasteiger partial charge in [-0.05, 0) is 62.6 Å². The van der Waals surface area contributed by atoms with Gasteiger partial charge in [0, 0.05) is 53.7 Å². The number of rotatable bonds is 9. The Hall–Kier alpha value is -3.98. The third-order valence-electron chi connectivity index (χ3n) is 6.93. The molecule has 1 fully saturated rings. The minimum Gasteiger partial charge on any atom is -0.489 e. The summed E-state index contributed by atoms with van der Waals surface area (Å²) in [5.74, 6) is -0.285. The van der Waals surface area contributed by atoms with E-state index in [0.717, 1.165) is 22.2 Å². The van der Waals surface area contributed by atoms with Crippen LogP contribution in [0.2, 0.25) is 0 Å². The fraction of sp³-hybridized carbons (Fsp3) is 0.379. The van der Waals surface area contributed by atoms with Crippen molar-refractivity contribution >= 4 is 28.6 Å². The lowest BCUT2D eigenvalue weighted by Crippen LogP contribution is -2.47. The van der Waals surface area contributed by atoms with Gasteiger partial charge in [0.1, 0.15) is 12.4 Å². The zero-order valence-electron chi connectivity index (χ0n) is 21.8. The van der Waals surface area contributed by atoms with Gasteiger partial charge in [-0.25, -0.2) is 5.48 Å². The summed E-state index contributed by atoms with van der Waals surface area (Å²) in [5.41, 5.74) is 5.08. The predicted octanol–water partition coefficient (Wildman–Crippen LogP) is 3.76. The SMILES string of the molecule is Cc1cc(COc2ccc(C(=O)NC3CCN(C(=O)C(C)CCC(=O)NO)CC3)cc2)c2ccccc2n1. The molecular formula is C29H34N4O5. The second kappa shape index (κ2) is 12.5. The Bertz CT molecular complexity index is 1290. The summed E-state index contributed by atoms with van der Waals surface area (Å²) in [6.07, 6.45) is 1.81. The molecule has 1 aliphatic rings. The average molecular weight is 519 g/mol. The topological polar surface area (TPSA) is 121 Å². The van der Waals surface area contributed by atoms with Crippen LogP contribution >= 0.6 is 0 Å². The first-order valence-electron chi connectivity index (χ1n) is 12.9. The van der Waals surface area contributed by atoms with Crippen molar-refractivity contribution in [1.82, 2.24) is 20.7 Å². The van der Waals surface area contributed by atoms with Crippen molar-refractivity contribution in [3.05, 3.63) is 71.4 Å². The molecule has 4 rings (SSSR count). The monoisotopic (exact) mass is 518 g/mol. The van der Waals surface area contributed by atoms with Crippen molar-refractivity contribution in [2.24, 2.45) is 5.92 Å². The van der Waals surface area contributed by atoms with E-state index in [-0.39, 0.29) is 30.2 Å². The number of nitrogens with one attached hydrogen (secondary N) is 2. The molecule has 1 atom stereocenters. The van der Waals surface area contributed by atoms with Gasteiger partial charge in [-0.2, -0.15) is 0 Å². The van der Waals surface area contributed by atoms with Crippen LogP contribution in [0, 0.1) is 12.8 Å². The van der Waals surface area contributed by atoms with Crippen LogP contribution in [0.3, 0.4) is 0 Å². The van der Waals surface area contributed by atoms with E-state index in [2.05, 4.69) is 10.3 Å². The number of carbonyl (C=O) groups excluding carboxylic acids is 3. The summed E-state index contributed by atoms with van der Waals surface area (Å²) in [5, 5.41) is 12.7. The molecule has 0 aliphatic carbocycles.